The van der Waals surface area contributed by atoms with Gasteiger partial charge in [0, 0.05) is 18.0 Å². The fraction of sp³-hybridized carbons (Fsp3) is 0.143. The molecule has 13 heavy (non-hydrogen) atoms. The first-order chi connectivity index (χ1) is 6.13. The summed E-state index contributed by atoms with van der Waals surface area (Å²) >= 11 is 0. The highest BCUT2D eigenvalue weighted by Crippen LogP contribution is 1.94. The van der Waals surface area contributed by atoms with Gasteiger partial charge in [0.2, 0.25) is 0 Å². The highest BCUT2D eigenvalue weighted by Gasteiger charge is 2.01. The average molecular weight is 182 g/mol. The molecule has 0 saturated heterocycles. The van der Waals surface area contributed by atoms with Crippen LogP contribution in [-0.2, 0) is 11.3 Å². The number of nitrogens with two attached hydrogens (primary N) is 2. The van der Waals surface area contributed by atoms with Crippen LogP contribution in [-0.4, -0.2) is 10.5 Å². The first-order valence-electron chi connectivity index (χ1n) is 3.59. The van der Waals surface area contributed by atoms with E-state index in [0.717, 1.165) is 0 Å². The number of aromatic nitrogens is 1. The Morgan fingerprint density at radius 3 is 2.85 bits per heavy atom. The van der Waals surface area contributed by atoms with Crippen LogP contribution in [0.5, 0.6) is 0 Å². The number of amides is 1. The molecule has 1 amide bonds. The molecule has 0 atom stereocenters. The topological polar surface area (TPSA) is 103 Å². The number of carbonyl (C=O) groups is 1. The normalized spacial score (nSPS) is 9.62. The lowest BCUT2D eigenvalue weighted by Gasteiger charge is -2.04. The standard InChI is InChI=1S/C7H10N4O2/c8-5-1-2-7(13)11(3-5)4-6(12)10-9/h1-3H,4,8-9H2,(H,10,12). The summed E-state index contributed by atoms with van der Waals surface area (Å²) in [5, 5.41) is 0. The fourth-order valence-corrected chi connectivity index (χ4v) is 0.874. The summed E-state index contributed by atoms with van der Waals surface area (Å²) in [6.45, 7) is -0.125. The summed E-state index contributed by atoms with van der Waals surface area (Å²) in [6.07, 6.45) is 1.39. The van der Waals surface area contributed by atoms with E-state index >= 15 is 0 Å². The molecule has 1 rings (SSSR count). The first kappa shape index (κ1) is 9.27. The highest BCUT2D eigenvalue weighted by atomic mass is 16.2. The lowest BCUT2D eigenvalue weighted by Crippen LogP contribution is -2.36. The van der Waals surface area contributed by atoms with Gasteiger partial charge < -0.3 is 10.3 Å². The molecule has 1 aromatic heterocycles. The Morgan fingerprint density at radius 1 is 1.54 bits per heavy atom. The smallest absolute Gasteiger partial charge is 0.253 e. The Bertz CT molecular complexity index is 371. The van der Waals surface area contributed by atoms with Crippen LogP contribution in [0.2, 0.25) is 0 Å². The molecule has 6 heteroatoms. The monoisotopic (exact) mass is 182 g/mol. The minimum Gasteiger partial charge on any atom is -0.398 e. The quantitative estimate of drug-likeness (QED) is 0.292. The minimum atomic E-state index is -0.451. The van der Waals surface area contributed by atoms with E-state index in [2.05, 4.69) is 0 Å². The van der Waals surface area contributed by atoms with Crippen molar-refractivity contribution in [3.05, 3.63) is 28.7 Å². The van der Waals surface area contributed by atoms with Crippen LogP contribution < -0.4 is 22.6 Å². The van der Waals surface area contributed by atoms with Crippen molar-refractivity contribution in [3.63, 3.8) is 0 Å². The molecule has 0 spiro atoms. The summed E-state index contributed by atoms with van der Waals surface area (Å²) < 4.78 is 1.18. The van der Waals surface area contributed by atoms with Gasteiger partial charge in [0.15, 0.2) is 0 Å². The summed E-state index contributed by atoms with van der Waals surface area (Å²) in [6, 6.07) is 2.76. The van der Waals surface area contributed by atoms with Crippen molar-refractivity contribution in [2.45, 2.75) is 6.54 Å². The molecular formula is C7H10N4O2. The van der Waals surface area contributed by atoms with Crippen molar-refractivity contribution in [1.82, 2.24) is 9.99 Å². The largest absolute Gasteiger partial charge is 0.398 e. The Kier molecular flexibility index (Phi) is 2.65. The molecule has 0 aliphatic rings. The molecule has 0 aliphatic heterocycles. The third kappa shape index (κ3) is 2.31. The van der Waals surface area contributed by atoms with E-state index in [1.54, 1.807) is 0 Å². The first-order valence-corrected chi connectivity index (χ1v) is 3.59. The predicted octanol–water partition coefficient (Wildman–Crippen LogP) is -1.58. The molecule has 0 radical (unpaired) electrons. The van der Waals surface area contributed by atoms with Crippen molar-refractivity contribution in [3.8, 4) is 0 Å². The van der Waals surface area contributed by atoms with E-state index in [4.69, 9.17) is 11.6 Å². The van der Waals surface area contributed by atoms with Crippen LogP contribution in [0.1, 0.15) is 0 Å². The third-order valence-electron chi connectivity index (χ3n) is 1.48. The number of rotatable bonds is 2. The van der Waals surface area contributed by atoms with Crippen LogP contribution in [0.15, 0.2) is 23.1 Å². The number of hydrogen-bond acceptors (Lipinski definition) is 4. The van der Waals surface area contributed by atoms with E-state index in [0.29, 0.717) is 5.69 Å². The van der Waals surface area contributed by atoms with E-state index in [1.807, 2.05) is 5.43 Å². The second kappa shape index (κ2) is 3.72. The zero-order chi connectivity index (χ0) is 9.84. The number of carbonyl (C=O) groups excluding carboxylic acids is 1. The minimum absolute atomic E-state index is 0.125. The van der Waals surface area contributed by atoms with Crippen molar-refractivity contribution in [2.24, 2.45) is 5.84 Å². The summed E-state index contributed by atoms with van der Waals surface area (Å²) in [7, 11) is 0. The summed E-state index contributed by atoms with van der Waals surface area (Å²) in [5.41, 5.74) is 7.47. The summed E-state index contributed by atoms with van der Waals surface area (Å²) in [4.78, 5) is 21.9. The molecule has 1 aromatic rings. The van der Waals surface area contributed by atoms with Crippen molar-refractivity contribution >= 4 is 11.6 Å². The van der Waals surface area contributed by atoms with Gasteiger partial charge in [0.05, 0.1) is 0 Å². The van der Waals surface area contributed by atoms with Gasteiger partial charge in [-0.05, 0) is 6.07 Å². The van der Waals surface area contributed by atoms with Crippen molar-refractivity contribution in [2.75, 3.05) is 5.73 Å². The van der Waals surface area contributed by atoms with E-state index in [-0.39, 0.29) is 12.1 Å². The van der Waals surface area contributed by atoms with Crippen LogP contribution in [0.25, 0.3) is 0 Å². The zero-order valence-electron chi connectivity index (χ0n) is 6.86. The Hall–Kier alpha value is -1.82. The second-order valence-corrected chi connectivity index (χ2v) is 2.50. The fourth-order valence-electron chi connectivity index (χ4n) is 0.874. The van der Waals surface area contributed by atoms with Gasteiger partial charge >= 0.3 is 0 Å². The van der Waals surface area contributed by atoms with Crippen LogP contribution in [0.4, 0.5) is 5.69 Å². The zero-order valence-corrected chi connectivity index (χ0v) is 6.86. The molecule has 0 saturated carbocycles. The third-order valence-corrected chi connectivity index (χ3v) is 1.48. The van der Waals surface area contributed by atoms with Gasteiger partial charge in [-0.25, -0.2) is 5.84 Å². The van der Waals surface area contributed by atoms with Gasteiger partial charge in [-0.1, -0.05) is 0 Å². The summed E-state index contributed by atoms with van der Waals surface area (Å²) in [5.74, 6) is 4.41. The van der Waals surface area contributed by atoms with Gasteiger partial charge in [0.25, 0.3) is 11.5 Å². The molecule has 0 unspecified atom stereocenters. The van der Waals surface area contributed by atoms with Crippen LogP contribution in [0.3, 0.4) is 0 Å². The van der Waals surface area contributed by atoms with Gasteiger partial charge in [-0.3, -0.25) is 15.0 Å². The number of nitrogens with zero attached hydrogens (tertiary/aromatic N) is 1. The number of anilines is 1. The van der Waals surface area contributed by atoms with Crippen LogP contribution >= 0.6 is 0 Å². The van der Waals surface area contributed by atoms with E-state index < -0.39 is 5.91 Å². The number of hydrogen-bond donors (Lipinski definition) is 3. The maximum atomic E-state index is 11.1. The molecule has 5 N–H and O–H groups in total. The molecule has 6 nitrogen and oxygen atoms in total. The van der Waals surface area contributed by atoms with Gasteiger partial charge in [0.1, 0.15) is 6.54 Å². The molecule has 0 aliphatic carbocycles. The number of hydrazine groups is 1. The second-order valence-electron chi connectivity index (χ2n) is 2.50. The lowest BCUT2D eigenvalue weighted by molar-refractivity contribution is -0.121. The van der Waals surface area contributed by atoms with E-state index in [9.17, 15) is 9.59 Å². The maximum Gasteiger partial charge on any atom is 0.253 e. The van der Waals surface area contributed by atoms with Gasteiger partial charge in [-0.15, -0.1) is 0 Å². The Balaban J connectivity index is 2.94. The SMILES string of the molecule is NNC(=O)Cn1cc(N)ccc1=O. The predicted molar refractivity (Wildman–Crippen MR) is 47.4 cm³/mol. The molecule has 70 valence electrons. The number of nitrogen functional groups attached to an aromatic ring is 1. The Labute approximate surface area is 74.1 Å². The molecular weight excluding hydrogens is 172 g/mol. The van der Waals surface area contributed by atoms with Crippen molar-refractivity contribution < 1.29 is 4.79 Å². The molecule has 0 bridgehead atoms. The van der Waals surface area contributed by atoms with Gasteiger partial charge in [-0.2, -0.15) is 0 Å². The number of pyridine rings is 1. The average Bonchev–Trinajstić information content (AvgIpc) is 2.11. The maximum absolute atomic E-state index is 11.1. The van der Waals surface area contributed by atoms with E-state index in [1.165, 1.54) is 22.9 Å². The Morgan fingerprint density at radius 2 is 2.23 bits per heavy atom. The highest BCUT2D eigenvalue weighted by molar-refractivity contribution is 5.75. The molecule has 0 fully saturated rings. The molecule has 1 heterocycles. The molecule has 0 aromatic carbocycles. The van der Waals surface area contributed by atoms with Crippen molar-refractivity contribution in [1.29, 1.82) is 0 Å². The number of nitrogens with one attached hydrogen (secondary N) is 1. The van der Waals surface area contributed by atoms with Crippen LogP contribution in [0, 0.1) is 0 Å². The lowest BCUT2D eigenvalue weighted by atomic mass is 10.4.